The predicted octanol–water partition coefficient (Wildman–Crippen LogP) is 5.86. The van der Waals surface area contributed by atoms with E-state index in [-0.39, 0.29) is 5.91 Å². The van der Waals surface area contributed by atoms with Gasteiger partial charge in [-0.05, 0) is 60.9 Å². The average Bonchev–Trinajstić information content (AvgIpc) is 3.21. The highest BCUT2D eigenvalue weighted by Gasteiger charge is 2.15. The number of hydrogen-bond donors (Lipinski definition) is 1. The Morgan fingerprint density at radius 1 is 1.06 bits per heavy atom. The highest BCUT2D eigenvalue weighted by Crippen LogP contribution is 2.37. The maximum Gasteiger partial charge on any atom is 0.249 e. The molecule has 32 heavy (non-hydrogen) atoms. The van der Waals surface area contributed by atoms with Crippen molar-refractivity contribution in [2.45, 2.75) is 13.8 Å². The van der Waals surface area contributed by atoms with Gasteiger partial charge >= 0.3 is 0 Å². The first-order valence-electron chi connectivity index (χ1n) is 10.1. The van der Waals surface area contributed by atoms with Gasteiger partial charge in [0, 0.05) is 34.9 Å². The van der Waals surface area contributed by atoms with Crippen LogP contribution in [-0.4, -0.2) is 25.1 Å². The molecule has 0 spiro atoms. The summed E-state index contributed by atoms with van der Waals surface area (Å²) >= 11 is 0. The van der Waals surface area contributed by atoms with Gasteiger partial charge in [0.2, 0.25) is 5.91 Å². The van der Waals surface area contributed by atoms with Crippen molar-refractivity contribution in [3.05, 3.63) is 78.2 Å². The number of amides is 1. The van der Waals surface area contributed by atoms with Crippen LogP contribution in [0.3, 0.4) is 0 Å². The van der Waals surface area contributed by atoms with Crippen molar-refractivity contribution >= 4 is 28.3 Å². The Morgan fingerprint density at radius 3 is 2.53 bits per heavy atom. The maximum absolute atomic E-state index is 12.6. The van der Waals surface area contributed by atoms with Crippen LogP contribution in [-0.2, 0) is 4.79 Å². The van der Waals surface area contributed by atoms with Gasteiger partial charge in [0.1, 0.15) is 22.9 Å². The number of ether oxygens (including phenoxy) is 2. The number of benzene rings is 2. The van der Waals surface area contributed by atoms with Crippen LogP contribution in [0, 0.1) is 6.92 Å². The summed E-state index contributed by atoms with van der Waals surface area (Å²) in [6.45, 7) is 3.82. The summed E-state index contributed by atoms with van der Waals surface area (Å²) in [5.74, 6) is 1.67. The lowest BCUT2D eigenvalue weighted by atomic mass is 9.99. The highest BCUT2D eigenvalue weighted by molar-refractivity contribution is 6.05. The number of nitrogens with one attached hydrogen (secondary N) is 1. The largest absolute Gasteiger partial charge is 0.497 e. The number of aromatic nitrogens is 1. The van der Waals surface area contributed by atoms with Gasteiger partial charge in [-0.25, -0.2) is 4.98 Å². The van der Waals surface area contributed by atoms with Crippen LogP contribution in [0.4, 0.5) is 5.82 Å². The van der Waals surface area contributed by atoms with Gasteiger partial charge in [-0.15, -0.1) is 0 Å². The third kappa shape index (κ3) is 4.34. The second-order valence-corrected chi connectivity index (χ2v) is 7.46. The minimum atomic E-state index is -0.259. The summed E-state index contributed by atoms with van der Waals surface area (Å²) in [5.41, 5.74) is 5.25. The number of allylic oxidation sites excluding steroid dienone is 1. The number of hydrogen-bond acceptors (Lipinski definition) is 5. The molecule has 162 valence electrons. The molecule has 2 heterocycles. The van der Waals surface area contributed by atoms with E-state index in [0.717, 1.165) is 39.0 Å². The van der Waals surface area contributed by atoms with Crippen molar-refractivity contribution in [2.24, 2.45) is 0 Å². The van der Waals surface area contributed by atoms with E-state index in [1.165, 1.54) is 0 Å². The number of pyridine rings is 1. The lowest BCUT2D eigenvalue weighted by Crippen LogP contribution is -2.10. The summed E-state index contributed by atoms with van der Waals surface area (Å²) in [6, 6.07) is 15.3. The molecule has 0 saturated carbocycles. The third-order valence-electron chi connectivity index (χ3n) is 5.24. The summed E-state index contributed by atoms with van der Waals surface area (Å²) in [7, 11) is 3.24. The number of furan rings is 1. The molecule has 2 aromatic heterocycles. The lowest BCUT2D eigenvalue weighted by molar-refractivity contribution is -0.111. The van der Waals surface area contributed by atoms with E-state index < -0.39 is 0 Å². The number of nitrogens with zero attached hydrogens (tertiary/aromatic N) is 1. The molecule has 0 saturated heterocycles. The second-order valence-electron chi connectivity index (χ2n) is 7.46. The van der Waals surface area contributed by atoms with Crippen molar-refractivity contribution in [3.8, 4) is 22.6 Å². The fraction of sp³-hybridized carbons (Fsp3) is 0.154. The van der Waals surface area contributed by atoms with Gasteiger partial charge in [0.05, 0.1) is 20.5 Å². The van der Waals surface area contributed by atoms with E-state index in [1.54, 1.807) is 32.8 Å². The minimum absolute atomic E-state index is 0.259. The molecular formula is C26H24N2O4. The van der Waals surface area contributed by atoms with Crippen molar-refractivity contribution < 1.29 is 18.7 Å². The maximum atomic E-state index is 12.6. The van der Waals surface area contributed by atoms with Crippen LogP contribution in [0.25, 0.3) is 27.7 Å². The molecule has 4 rings (SSSR count). The summed E-state index contributed by atoms with van der Waals surface area (Å²) in [4.78, 5) is 16.7. The van der Waals surface area contributed by atoms with Gasteiger partial charge in [0.25, 0.3) is 0 Å². The Morgan fingerprint density at radius 2 is 1.84 bits per heavy atom. The zero-order chi connectivity index (χ0) is 22.7. The molecule has 0 aliphatic rings. The number of methoxy groups -OCH3 is 2. The SMILES string of the molecule is COc1ccc(-c2coc3cc(OC)c(/C(C)=C/C(=O)Nc4cc(C)ccn4)cc23)cc1. The van der Waals surface area contributed by atoms with Gasteiger partial charge in [-0.2, -0.15) is 0 Å². The first-order chi connectivity index (χ1) is 15.5. The Balaban J connectivity index is 1.70. The summed E-state index contributed by atoms with van der Waals surface area (Å²) < 4.78 is 16.6. The first-order valence-corrected chi connectivity index (χ1v) is 10.1. The fourth-order valence-electron chi connectivity index (χ4n) is 3.57. The number of anilines is 1. The van der Waals surface area contributed by atoms with Gasteiger partial charge < -0.3 is 19.2 Å². The molecule has 2 aromatic carbocycles. The van der Waals surface area contributed by atoms with E-state index in [0.29, 0.717) is 17.2 Å². The molecule has 6 nitrogen and oxygen atoms in total. The molecule has 0 aliphatic carbocycles. The minimum Gasteiger partial charge on any atom is -0.497 e. The molecule has 4 aromatic rings. The highest BCUT2D eigenvalue weighted by atomic mass is 16.5. The quantitative estimate of drug-likeness (QED) is 0.389. The number of fused-ring (bicyclic) bond motifs is 1. The predicted molar refractivity (Wildman–Crippen MR) is 126 cm³/mol. The molecule has 0 unspecified atom stereocenters. The molecular weight excluding hydrogens is 404 g/mol. The van der Waals surface area contributed by atoms with Crippen LogP contribution >= 0.6 is 0 Å². The van der Waals surface area contributed by atoms with Gasteiger partial charge in [-0.1, -0.05) is 12.1 Å². The molecule has 0 aliphatic heterocycles. The zero-order valence-electron chi connectivity index (χ0n) is 18.4. The molecule has 0 bridgehead atoms. The van der Waals surface area contributed by atoms with E-state index >= 15 is 0 Å². The van der Waals surface area contributed by atoms with Crippen molar-refractivity contribution in [3.63, 3.8) is 0 Å². The van der Waals surface area contributed by atoms with E-state index in [9.17, 15) is 4.79 Å². The number of aryl methyl sites for hydroxylation is 1. The Bertz CT molecular complexity index is 1300. The third-order valence-corrected chi connectivity index (χ3v) is 5.24. The first kappa shape index (κ1) is 21.2. The number of carbonyl (C=O) groups is 1. The number of carbonyl (C=O) groups excluding carboxylic acids is 1. The van der Waals surface area contributed by atoms with Crippen LogP contribution in [0.2, 0.25) is 0 Å². The fourth-order valence-corrected chi connectivity index (χ4v) is 3.57. The van der Waals surface area contributed by atoms with Crippen LogP contribution in [0.1, 0.15) is 18.1 Å². The van der Waals surface area contributed by atoms with Gasteiger partial charge in [0.15, 0.2) is 0 Å². The van der Waals surface area contributed by atoms with Crippen LogP contribution in [0.15, 0.2) is 71.5 Å². The smallest absolute Gasteiger partial charge is 0.249 e. The molecule has 0 radical (unpaired) electrons. The Hall–Kier alpha value is -4.06. The van der Waals surface area contributed by atoms with Crippen molar-refractivity contribution in [2.75, 3.05) is 19.5 Å². The Kier molecular flexibility index (Phi) is 5.94. The molecule has 6 heteroatoms. The lowest BCUT2D eigenvalue weighted by Gasteiger charge is -2.10. The van der Waals surface area contributed by atoms with Crippen LogP contribution < -0.4 is 14.8 Å². The van der Waals surface area contributed by atoms with Crippen molar-refractivity contribution in [1.29, 1.82) is 0 Å². The Labute approximate surface area is 186 Å². The second kappa shape index (κ2) is 8.98. The zero-order valence-corrected chi connectivity index (χ0v) is 18.4. The monoisotopic (exact) mass is 428 g/mol. The summed E-state index contributed by atoms with van der Waals surface area (Å²) in [6.07, 6.45) is 4.93. The van der Waals surface area contributed by atoms with Crippen molar-refractivity contribution in [1.82, 2.24) is 4.98 Å². The normalized spacial score (nSPS) is 11.4. The van der Waals surface area contributed by atoms with E-state index in [2.05, 4.69) is 10.3 Å². The number of rotatable bonds is 6. The summed E-state index contributed by atoms with van der Waals surface area (Å²) in [5, 5.41) is 3.73. The molecule has 1 amide bonds. The topological polar surface area (TPSA) is 73.6 Å². The average molecular weight is 428 g/mol. The van der Waals surface area contributed by atoms with Crippen LogP contribution in [0.5, 0.6) is 11.5 Å². The molecule has 1 N–H and O–H groups in total. The molecule has 0 atom stereocenters. The standard InChI is InChI=1S/C26H24N2O4/c1-16-9-10-27-25(11-16)28-26(29)12-17(2)20-13-21-22(15-32-24(21)14-23(20)31-4)18-5-7-19(30-3)8-6-18/h5-15H,1-4H3,(H,27,28,29)/b17-12+. The van der Waals surface area contributed by atoms with E-state index in [4.69, 9.17) is 13.9 Å². The van der Waals surface area contributed by atoms with Gasteiger partial charge in [-0.3, -0.25) is 4.79 Å². The molecule has 0 fully saturated rings. The van der Waals surface area contributed by atoms with E-state index in [1.807, 2.05) is 62.4 Å².